The van der Waals surface area contributed by atoms with Crippen molar-refractivity contribution in [2.75, 3.05) is 16.0 Å². The zero-order chi connectivity index (χ0) is 29.8. The van der Waals surface area contributed by atoms with Gasteiger partial charge in [-0.15, -0.1) is 22.7 Å². The van der Waals surface area contributed by atoms with E-state index in [0.29, 0.717) is 33.5 Å². The van der Waals surface area contributed by atoms with Crippen molar-refractivity contribution >= 4 is 57.5 Å². The van der Waals surface area contributed by atoms with E-state index in [-0.39, 0.29) is 17.6 Å². The predicted molar refractivity (Wildman–Crippen MR) is 171 cm³/mol. The van der Waals surface area contributed by atoms with Gasteiger partial charge in [-0.3, -0.25) is 14.6 Å². The van der Waals surface area contributed by atoms with E-state index in [9.17, 15) is 14.7 Å². The summed E-state index contributed by atoms with van der Waals surface area (Å²) in [7, 11) is 0. The van der Waals surface area contributed by atoms with Crippen molar-refractivity contribution in [1.29, 1.82) is 0 Å². The molecule has 4 aromatic heterocycles. The second kappa shape index (κ2) is 12.2. The van der Waals surface area contributed by atoms with Gasteiger partial charge in [0.15, 0.2) is 0 Å². The molecule has 6 aromatic rings. The molecule has 2 amide bonds. The first-order valence-corrected chi connectivity index (χ1v) is 14.8. The fourth-order valence-corrected chi connectivity index (χ4v) is 5.94. The Morgan fingerprint density at radius 1 is 0.837 bits per heavy atom. The third kappa shape index (κ3) is 6.58. The Labute approximate surface area is 255 Å². The topological polar surface area (TPSA) is 129 Å². The smallest absolute Gasteiger partial charge is 0.265 e. The first kappa shape index (κ1) is 27.8. The van der Waals surface area contributed by atoms with Gasteiger partial charge in [0.05, 0.1) is 28.0 Å². The summed E-state index contributed by atoms with van der Waals surface area (Å²) in [5.41, 5.74) is 4.45. The van der Waals surface area contributed by atoms with E-state index in [4.69, 9.17) is 0 Å². The summed E-state index contributed by atoms with van der Waals surface area (Å²) in [6, 6.07) is 23.3. The van der Waals surface area contributed by atoms with Gasteiger partial charge in [-0.05, 0) is 84.6 Å². The van der Waals surface area contributed by atoms with Crippen LogP contribution in [0.5, 0.6) is 5.75 Å². The Bertz CT molecular complexity index is 1920. The number of amides is 2. The quantitative estimate of drug-likeness (QED) is 0.141. The van der Waals surface area contributed by atoms with Crippen LogP contribution < -0.4 is 16.0 Å². The average molecular weight is 605 g/mol. The maximum Gasteiger partial charge on any atom is 0.265 e. The van der Waals surface area contributed by atoms with Crippen LogP contribution in [0.25, 0.3) is 21.0 Å². The molecule has 43 heavy (non-hydrogen) atoms. The lowest BCUT2D eigenvalue weighted by atomic mass is 10.1. The number of phenols is 1. The third-order valence-electron chi connectivity index (χ3n) is 6.41. The van der Waals surface area contributed by atoms with Crippen molar-refractivity contribution in [1.82, 2.24) is 15.0 Å². The monoisotopic (exact) mass is 604 g/mol. The molecule has 9 nitrogen and oxygen atoms in total. The lowest BCUT2D eigenvalue weighted by Crippen LogP contribution is -2.15. The van der Waals surface area contributed by atoms with Crippen molar-refractivity contribution in [2.24, 2.45) is 0 Å². The van der Waals surface area contributed by atoms with Gasteiger partial charge < -0.3 is 21.1 Å². The number of benzene rings is 2. The lowest BCUT2D eigenvalue weighted by Gasteiger charge is -2.12. The van der Waals surface area contributed by atoms with Gasteiger partial charge >= 0.3 is 0 Å². The van der Waals surface area contributed by atoms with Crippen molar-refractivity contribution in [3.8, 4) is 26.8 Å². The first-order chi connectivity index (χ1) is 20.9. The first-order valence-electron chi connectivity index (χ1n) is 13.1. The highest BCUT2D eigenvalue weighted by Gasteiger charge is 2.14. The van der Waals surface area contributed by atoms with E-state index in [2.05, 4.69) is 30.9 Å². The molecule has 0 bridgehead atoms. The number of carbonyl (C=O) groups is 2. The third-order valence-corrected chi connectivity index (χ3v) is 8.56. The molecular weight excluding hydrogens is 581 g/mol. The number of nitrogens with one attached hydrogen (secondary N) is 3. The van der Waals surface area contributed by atoms with E-state index < -0.39 is 0 Å². The molecule has 0 saturated heterocycles. The van der Waals surface area contributed by atoms with Crippen LogP contribution in [0.15, 0.2) is 103 Å². The Morgan fingerprint density at radius 2 is 1.67 bits per heavy atom. The minimum Gasteiger partial charge on any atom is -0.508 e. The molecule has 6 rings (SSSR count). The summed E-state index contributed by atoms with van der Waals surface area (Å²) in [4.78, 5) is 41.7. The SMILES string of the molecule is Cc1ccc(NC(=O)c2cncc(NC(=O)c3ccc(-c4cccs4)s3)c2)cc1Nc1nccc(-c2ccc(O)cc2)n1. The lowest BCUT2D eigenvalue weighted by molar-refractivity contribution is 0.101. The maximum atomic E-state index is 13.1. The highest BCUT2D eigenvalue weighted by molar-refractivity contribution is 7.22. The molecule has 0 radical (unpaired) electrons. The Hall–Kier alpha value is -5.39. The number of phenolic OH excluding ortho intramolecular Hbond substituents is 1. The van der Waals surface area contributed by atoms with E-state index in [1.54, 1.807) is 72.1 Å². The van der Waals surface area contributed by atoms with Gasteiger partial charge in [0.2, 0.25) is 5.95 Å². The van der Waals surface area contributed by atoms with E-state index in [1.807, 2.05) is 36.6 Å². The molecule has 0 aliphatic rings. The summed E-state index contributed by atoms with van der Waals surface area (Å²) in [5, 5.41) is 20.5. The fourth-order valence-electron chi connectivity index (χ4n) is 4.21. The second-order valence-electron chi connectivity index (χ2n) is 9.48. The summed E-state index contributed by atoms with van der Waals surface area (Å²) < 4.78 is 0. The van der Waals surface area contributed by atoms with Crippen molar-refractivity contribution in [2.45, 2.75) is 6.92 Å². The van der Waals surface area contributed by atoms with Crippen LogP contribution in [0.4, 0.5) is 23.0 Å². The number of nitrogens with zero attached hydrogens (tertiary/aromatic N) is 3. The van der Waals surface area contributed by atoms with Gasteiger partial charge in [0, 0.05) is 39.1 Å². The summed E-state index contributed by atoms with van der Waals surface area (Å²) in [6.07, 6.45) is 4.60. The summed E-state index contributed by atoms with van der Waals surface area (Å²) >= 11 is 3.03. The van der Waals surface area contributed by atoms with Gasteiger partial charge in [-0.2, -0.15) is 0 Å². The molecule has 4 N–H and O–H groups in total. The van der Waals surface area contributed by atoms with Crippen molar-refractivity contribution < 1.29 is 14.7 Å². The minimum absolute atomic E-state index is 0.180. The van der Waals surface area contributed by atoms with E-state index >= 15 is 0 Å². The molecule has 212 valence electrons. The molecule has 0 spiro atoms. The number of aromatic nitrogens is 3. The number of anilines is 4. The molecule has 0 fully saturated rings. The molecule has 2 aromatic carbocycles. The van der Waals surface area contributed by atoms with Crippen LogP contribution in [0.2, 0.25) is 0 Å². The number of carbonyl (C=O) groups excluding carboxylic acids is 2. The Balaban J connectivity index is 1.13. The molecule has 0 unspecified atom stereocenters. The second-order valence-corrected chi connectivity index (χ2v) is 11.5. The fraction of sp³-hybridized carbons (Fsp3) is 0.0312. The standard InChI is InChI=1S/C32H24N6O3S2/c1-19-4-7-22(16-26(19)38-32-34-13-12-25(37-32)20-5-8-24(39)9-6-20)35-30(40)21-15-23(18-33-17-21)36-31(41)29-11-10-28(43-29)27-3-2-14-42-27/h2-18,39H,1H3,(H,35,40)(H,36,41)(H,34,37,38). The summed E-state index contributed by atoms with van der Waals surface area (Å²) in [6.45, 7) is 1.94. The van der Waals surface area contributed by atoms with Gasteiger partial charge in [0.25, 0.3) is 11.8 Å². The number of aryl methyl sites for hydroxylation is 1. The molecule has 0 aliphatic heterocycles. The maximum absolute atomic E-state index is 13.1. The summed E-state index contributed by atoms with van der Waals surface area (Å²) in [5.74, 6) is -0.0731. The number of hydrogen-bond acceptors (Lipinski definition) is 9. The number of thiophene rings is 2. The van der Waals surface area contributed by atoms with Crippen LogP contribution in [0.3, 0.4) is 0 Å². The Kier molecular flexibility index (Phi) is 7.90. The van der Waals surface area contributed by atoms with E-state index in [0.717, 1.165) is 26.6 Å². The van der Waals surface area contributed by atoms with Crippen LogP contribution in [-0.2, 0) is 0 Å². The van der Waals surface area contributed by atoms with Crippen LogP contribution in [0.1, 0.15) is 25.6 Å². The predicted octanol–water partition coefficient (Wildman–Crippen LogP) is 7.59. The number of aromatic hydroxyl groups is 1. The van der Waals surface area contributed by atoms with Crippen LogP contribution in [0, 0.1) is 6.92 Å². The molecule has 0 saturated carbocycles. The highest BCUT2D eigenvalue weighted by Crippen LogP contribution is 2.32. The normalized spacial score (nSPS) is 10.7. The van der Waals surface area contributed by atoms with Crippen LogP contribution in [-0.4, -0.2) is 31.9 Å². The van der Waals surface area contributed by atoms with Gasteiger partial charge in [0.1, 0.15) is 5.75 Å². The van der Waals surface area contributed by atoms with Crippen molar-refractivity contribution in [3.63, 3.8) is 0 Å². The van der Waals surface area contributed by atoms with Gasteiger partial charge in [-0.25, -0.2) is 9.97 Å². The zero-order valence-corrected chi connectivity index (χ0v) is 24.4. The number of rotatable bonds is 8. The molecule has 11 heteroatoms. The number of hydrogen-bond donors (Lipinski definition) is 4. The minimum atomic E-state index is -0.375. The van der Waals surface area contributed by atoms with E-state index in [1.165, 1.54) is 23.7 Å². The zero-order valence-electron chi connectivity index (χ0n) is 22.7. The van der Waals surface area contributed by atoms with Crippen molar-refractivity contribution in [3.05, 3.63) is 119 Å². The Morgan fingerprint density at radius 3 is 2.49 bits per heavy atom. The number of pyridine rings is 1. The molecule has 4 heterocycles. The van der Waals surface area contributed by atoms with Crippen LogP contribution >= 0.6 is 22.7 Å². The molecule has 0 atom stereocenters. The van der Waals surface area contributed by atoms with Gasteiger partial charge in [-0.1, -0.05) is 12.1 Å². The average Bonchev–Trinajstić information content (AvgIpc) is 3.73. The molecule has 0 aliphatic carbocycles. The highest BCUT2D eigenvalue weighted by atomic mass is 32.1. The largest absolute Gasteiger partial charge is 0.508 e. The molecular formula is C32H24N6O3S2.